The van der Waals surface area contributed by atoms with Crippen LogP contribution in [0.1, 0.15) is 56.7 Å². The lowest BCUT2D eigenvalue weighted by Gasteiger charge is -2.54. The predicted molar refractivity (Wildman–Crippen MR) is 91.0 cm³/mol. The van der Waals surface area contributed by atoms with Crippen molar-refractivity contribution in [1.29, 1.82) is 0 Å². The van der Waals surface area contributed by atoms with Crippen molar-refractivity contribution in [2.24, 2.45) is 16.5 Å². The normalized spacial score (nSPS) is 34.7. The molecule has 0 N–H and O–H groups in total. The Labute approximate surface area is 142 Å². The maximum absolute atomic E-state index is 12.6. The Morgan fingerprint density at radius 1 is 1.25 bits per heavy atom. The average Bonchev–Trinajstić information content (AvgIpc) is 2.60. The van der Waals surface area contributed by atoms with E-state index in [2.05, 4.69) is 12.1 Å². The van der Waals surface area contributed by atoms with Gasteiger partial charge in [0.15, 0.2) is 0 Å². The van der Waals surface area contributed by atoms with Crippen LogP contribution in [-0.4, -0.2) is 20.2 Å². The van der Waals surface area contributed by atoms with Gasteiger partial charge in [-0.25, -0.2) is 0 Å². The van der Waals surface area contributed by atoms with Crippen LogP contribution in [0.3, 0.4) is 0 Å². The summed E-state index contributed by atoms with van der Waals surface area (Å²) in [5.74, 6) is 0.605. The first-order chi connectivity index (χ1) is 11.4. The zero-order valence-electron chi connectivity index (χ0n) is 14.8. The lowest BCUT2D eigenvalue weighted by molar-refractivity contribution is -0.161. The first kappa shape index (κ1) is 16.9. The summed E-state index contributed by atoms with van der Waals surface area (Å²) < 4.78 is 10.5. The maximum atomic E-state index is 12.6. The molecule has 0 radical (unpaired) electrons. The third kappa shape index (κ3) is 2.25. The number of hydrogen-bond donors (Lipinski definition) is 0. The van der Waals surface area contributed by atoms with E-state index in [1.807, 2.05) is 25.1 Å². The molecule has 5 nitrogen and oxygen atoms in total. The van der Waals surface area contributed by atoms with Gasteiger partial charge in [-0.1, -0.05) is 24.6 Å². The molecule has 5 heteroatoms. The average molecular weight is 331 g/mol. The van der Waals surface area contributed by atoms with Crippen LogP contribution in [0.15, 0.2) is 23.4 Å². The summed E-state index contributed by atoms with van der Waals surface area (Å²) >= 11 is 0. The predicted octanol–water partition coefficient (Wildman–Crippen LogP) is 4.14. The molecule has 1 aromatic rings. The monoisotopic (exact) mass is 331 g/mol. The molecule has 0 amide bonds. The Kier molecular flexibility index (Phi) is 4.14. The topological polar surface area (TPSA) is 65.0 Å². The van der Waals surface area contributed by atoms with E-state index in [1.165, 1.54) is 7.11 Å². The van der Waals surface area contributed by atoms with Gasteiger partial charge in [0.2, 0.25) is 0 Å². The van der Waals surface area contributed by atoms with Crippen molar-refractivity contribution in [3.05, 3.63) is 34.2 Å². The summed E-state index contributed by atoms with van der Waals surface area (Å²) in [6.45, 7) is 4.19. The van der Waals surface area contributed by atoms with E-state index in [1.54, 1.807) is 7.11 Å². The Hall–Kier alpha value is -1.91. The van der Waals surface area contributed by atoms with E-state index in [4.69, 9.17) is 9.47 Å². The largest absolute Gasteiger partial charge is 0.497 e. The highest BCUT2D eigenvalue weighted by molar-refractivity contribution is 5.77. The van der Waals surface area contributed by atoms with E-state index in [-0.39, 0.29) is 17.3 Å². The van der Waals surface area contributed by atoms with Gasteiger partial charge in [-0.3, -0.25) is 4.79 Å². The number of hydrogen-bond acceptors (Lipinski definition) is 5. The third-order valence-corrected chi connectivity index (χ3v) is 6.40. The van der Waals surface area contributed by atoms with Crippen molar-refractivity contribution >= 4 is 5.97 Å². The number of fused-ring (bicyclic) bond motifs is 3. The summed E-state index contributed by atoms with van der Waals surface area (Å²) in [6.07, 6.45) is 3.31. The minimum Gasteiger partial charge on any atom is -0.497 e. The molecule has 0 bridgehead atoms. The zero-order chi connectivity index (χ0) is 17.5. The molecule has 0 aliphatic heterocycles. The molecule has 1 aromatic carbocycles. The van der Waals surface area contributed by atoms with Gasteiger partial charge < -0.3 is 9.47 Å². The second-order valence-corrected chi connectivity index (χ2v) is 7.54. The van der Waals surface area contributed by atoms with E-state index in [0.717, 1.165) is 36.1 Å². The van der Waals surface area contributed by atoms with Crippen LogP contribution in [0.5, 0.6) is 5.75 Å². The summed E-state index contributed by atoms with van der Waals surface area (Å²) in [5.41, 5.74) is 1.29. The number of rotatable bonds is 3. The van der Waals surface area contributed by atoms with Gasteiger partial charge >= 0.3 is 5.97 Å². The number of carbonyl (C=O) groups is 1. The van der Waals surface area contributed by atoms with Crippen LogP contribution >= 0.6 is 0 Å². The SMILES string of the molecule is COC(=O)C1(C)CCCC2(C)c3cc(OC)ccc3C(N=O)CC12. The van der Waals surface area contributed by atoms with Gasteiger partial charge in [-0.2, -0.15) is 4.91 Å². The van der Waals surface area contributed by atoms with Gasteiger partial charge in [0.25, 0.3) is 0 Å². The van der Waals surface area contributed by atoms with Crippen LogP contribution in [-0.2, 0) is 14.9 Å². The summed E-state index contributed by atoms with van der Waals surface area (Å²) in [7, 11) is 3.08. The molecular formula is C19H25NO4. The van der Waals surface area contributed by atoms with E-state index in [9.17, 15) is 9.70 Å². The molecule has 24 heavy (non-hydrogen) atoms. The van der Waals surface area contributed by atoms with Gasteiger partial charge in [0, 0.05) is 0 Å². The Bertz CT molecular complexity index is 673. The van der Waals surface area contributed by atoms with Gasteiger partial charge in [-0.15, -0.1) is 0 Å². The van der Waals surface area contributed by atoms with Crippen LogP contribution in [0.25, 0.3) is 0 Å². The molecule has 0 spiro atoms. The third-order valence-electron chi connectivity index (χ3n) is 6.40. The smallest absolute Gasteiger partial charge is 0.311 e. The van der Waals surface area contributed by atoms with Crippen LogP contribution in [0, 0.1) is 16.2 Å². The molecule has 1 fully saturated rings. The number of esters is 1. The van der Waals surface area contributed by atoms with Crippen molar-refractivity contribution < 1.29 is 14.3 Å². The summed E-state index contributed by atoms with van der Waals surface area (Å²) in [5, 5.41) is 3.37. The zero-order valence-corrected chi connectivity index (χ0v) is 14.8. The van der Waals surface area contributed by atoms with Crippen LogP contribution in [0.2, 0.25) is 0 Å². The second kappa shape index (κ2) is 5.87. The second-order valence-electron chi connectivity index (χ2n) is 7.54. The lowest BCUT2D eigenvalue weighted by atomic mass is 9.49. The molecule has 0 saturated heterocycles. The lowest BCUT2D eigenvalue weighted by Crippen LogP contribution is -2.53. The molecule has 2 aliphatic rings. The van der Waals surface area contributed by atoms with Crippen molar-refractivity contribution in [2.45, 2.75) is 51.0 Å². The van der Waals surface area contributed by atoms with Crippen LogP contribution < -0.4 is 4.74 Å². The number of nitroso groups, excluding NO2 is 1. The molecule has 3 rings (SSSR count). The first-order valence-electron chi connectivity index (χ1n) is 8.50. The molecule has 2 aliphatic carbocycles. The Morgan fingerprint density at radius 2 is 2.00 bits per heavy atom. The molecule has 1 saturated carbocycles. The van der Waals surface area contributed by atoms with Crippen molar-refractivity contribution in [1.82, 2.24) is 0 Å². The minimum absolute atomic E-state index is 0.0218. The fourth-order valence-corrected chi connectivity index (χ4v) is 5.09. The molecule has 130 valence electrons. The fourth-order valence-electron chi connectivity index (χ4n) is 5.09. The van der Waals surface area contributed by atoms with Crippen molar-refractivity contribution in [3.63, 3.8) is 0 Å². The number of benzene rings is 1. The van der Waals surface area contributed by atoms with Gasteiger partial charge in [0.1, 0.15) is 11.8 Å². The molecule has 0 heterocycles. The molecule has 4 atom stereocenters. The van der Waals surface area contributed by atoms with Crippen molar-refractivity contribution in [2.75, 3.05) is 14.2 Å². The highest BCUT2D eigenvalue weighted by atomic mass is 16.5. The van der Waals surface area contributed by atoms with Gasteiger partial charge in [0.05, 0.1) is 19.6 Å². The quantitative estimate of drug-likeness (QED) is 0.616. The number of nitrogens with zero attached hydrogens (tertiary/aromatic N) is 1. The fraction of sp³-hybridized carbons (Fsp3) is 0.632. The molecular weight excluding hydrogens is 306 g/mol. The first-order valence-corrected chi connectivity index (χ1v) is 8.50. The van der Waals surface area contributed by atoms with Crippen LogP contribution in [0.4, 0.5) is 0 Å². The highest BCUT2D eigenvalue weighted by Crippen LogP contribution is 2.60. The number of methoxy groups -OCH3 is 2. The van der Waals surface area contributed by atoms with E-state index in [0.29, 0.717) is 6.42 Å². The summed E-state index contributed by atoms with van der Waals surface area (Å²) in [6, 6.07) is 5.42. The Balaban J connectivity index is 2.18. The Morgan fingerprint density at radius 3 is 2.62 bits per heavy atom. The number of ether oxygens (including phenoxy) is 2. The van der Waals surface area contributed by atoms with Crippen molar-refractivity contribution in [3.8, 4) is 5.75 Å². The standard InChI is InChI=1S/C19H25NO4/c1-18-8-5-9-19(2,17(21)24-4)16(18)11-15(20-22)13-7-6-12(23-3)10-14(13)18/h6-7,10,15-16H,5,8-9,11H2,1-4H3. The minimum atomic E-state index is -0.592. The molecule has 0 aromatic heterocycles. The van der Waals surface area contributed by atoms with E-state index >= 15 is 0 Å². The van der Waals surface area contributed by atoms with E-state index < -0.39 is 11.5 Å². The molecule has 4 unspecified atom stereocenters. The van der Waals surface area contributed by atoms with Gasteiger partial charge in [-0.05, 0) is 60.8 Å². The maximum Gasteiger partial charge on any atom is 0.311 e. The highest BCUT2D eigenvalue weighted by Gasteiger charge is 2.57. The number of carbonyl (C=O) groups excluding carboxylic acids is 1. The summed E-state index contributed by atoms with van der Waals surface area (Å²) in [4.78, 5) is 24.1.